The molecule has 38 heavy (non-hydrogen) atoms. The number of phenolic OH excluding ortho intramolecular Hbond substituents is 1. The molecule has 0 atom stereocenters. The Bertz CT molecular complexity index is 1390. The zero-order valence-electron chi connectivity index (χ0n) is 22.3. The van der Waals surface area contributed by atoms with Gasteiger partial charge in [0.25, 0.3) is 0 Å². The number of rotatable bonds is 5. The van der Waals surface area contributed by atoms with Gasteiger partial charge in [0.15, 0.2) is 5.78 Å². The molecule has 10 heteroatoms. The number of benzene rings is 2. The summed E-state index contributed by atoms with van der Waals surface area (Å²) in [6, 6.07) is 12.0. The minimum atomic E-state index is -5.20. The van der Waals surface area contributed by atoms with E-state index in [-0.39, 0.29) is 23.7 Å². The summed E-state index contributed by atoms with van der Waals surface area (Å²) in [6.45, 7) is 11.0. The van der Waals surface area contributed by atoms with Crippen LogP contribution in [0.3, 0.4) is 0 Å². The molecule has 0 unspecified atom stereocenters. The molecule has 1 heterocycles. The Morgan fingerprint density at radius 2 is 1.47 bits per heavy atom. The van der Waals surface area contributed by atoms with Crippen molar-refractivity contribution in [2.45, 2.75) is 71.6 Å². The number of ketones is 1. The Morgan fingerprint density at radius 1 is 0.947 bits per heavy atom. The Morgan fingerprint density at radius 3 is 1.95 bits per heavy atom. The predicted molar refractivity (Wildman–Crippen MR) is 139 cm³/mol. The Kier molecular flexibility index (Phi) is 7.68. The Labute approximate surface area is 219 Å². The molecule has 204 valence electrons. The van der Waals surface area contributed by atoms with Crippen LogP contribution in [0.1, 0.15) is 68.6 Å². The van der Waals surface area contributed by atoms with Crippen LogP contribution in [-0.2, 0) is 28.7 Å². The van der Waals surface area contributed by atoms with Gasteiger partial charge in [-0.25, -0.2) is 0 Å². The quantitative estimate of drug-likeness (QED) is 0.449. The number of aromatic nitrogens is 2. The molecular formula is C28H33F3N4O3. The van der Waals surface area contributed by atoms with E-state index in [0.717, 1.165) is 10.1 Å². The van der Waals surface area contributed by atoms with Crippen molar-refractivity contribution in [2.24, 2.45) is 4.99 Å². The molecule has 3 aromatic rings. The number of nitrogen functional groups attached to an aromatic ring is 1. The first-order chi connectivity index (χ1) is 17.4. The molecule has 2 aromatic carbocycles. The summed E-state index contributed by atoms with van der Waals surface area (Å²) in [7, 11) is 0. The fourth-order valence-electron chi connectivity index (χ4n) is 4.07. The second-order valence-corrected chi connectivity index (χ2v) is 11.3. The molecule has 0 radical (unpaired) electrons. The highest BCUT2D eigenvalue weighted by atomic mass is 19.4. The second kappa shape index (κ2) is 10.2. The van der Waals surface area contributed by atoms with E-state index in [2.05, 4.69) is 4.99 Å². The third-order valence-corrected chi connectivity index (χ3v) is 6.09. The molecular weight excluding hydrogens is 497 g/mol. The average molecular weight is 531 g/mol. The molecule has 0 aliphatic carbocycles. The van der Waals surface area contributed by atoms with Gasteiger partial charge in [-0.15, -0.1) is 0 Å². The second-order valence-electron chi connectivity index (χ2n) is 11.3. The summed E-state index contributed by atoms with van der Waals surface area (Å²) < 4.78 is 41.8. The normalized spacial score (nSPS) is 13.1. The van der Waals surface area contributed by atoms with Crippen molar-refractivity contribution in [3.8, 4) is 5.75 Å². The summed E-state index contributed by atoms with van der Waals surface area (Å²) in [5.41, 5.74) is 6.86. The molecule has 0 aliphatic rings. The van der Waals surface area contributed by atoms with Gasteiger partial charge in [0.2, 0.25) is 5.62 Å². The van der Waals surface area contributed by atoms with Crippen molar-refractivity contribution in [3.63, 3.8) is 0 Å². The number of Topliss-reactive ketones (excluding diaryl/α,β-unsaturated/α-hetero) is 1. The average Bonchev–Trinajstić information content (AvgIpc) is 3.06. The Hall–Kier alpha value is -3.82. The fraction of sp³-hybridized carbons (Fsp3) is 0.393. The minimum absolute atomic E-state index is 0.0335. The van der Waals surface area contributed by atoms with Crippen LogP contribution < -0.4 is 11.4 Å². The van der Waals surface area contributed by atoms with Crippen LogP contribution in [0.15, 0.2) is 53.7 Å². The van der Waals surface area contributed by atoms with E-state index in [1.165, 1.54) is 10.8 Å². The van der Waals surface area contributed by atoms with Crippen LogP contribution in [0.4, 0.5) is 19.0 Å². The molecule has 0 fully saturated rings. The van der Waals surface area contributed by atoms with Gasteiger partial charge in [-0.05, 0) is 28.5 Å². The number of halogens is 3. The molecule has 0 aliphatic heterocycles. The van der Waals surface area contributed by atoms with Crippen LogP contribution in [0.2, 0.25) is 0 Å². The summed E-state index contributed by atoms with van der Waals surface area (Å²) in [6.07, 6.45) is -3.85. The number of imidazole rings is 1. The van der Waals surface area contributed by atoms with E-state index >= 15 is 0 Å². The van der Waals surface area contributed by atoms with Crippen LogP contribution in [0.5, 0.6) is 5.75 Å². The third kappa shape index (κ3) is 6.35. The smallest absolute Gasteiger partial charge is 0.473 e. The van der Waals surface area contributed by atoms with Crippen molar-refractivity contribution in [1.82, 2.24) is 9.13 Å². The lowest BCUT2D eigenvalue weighted by atomic mass is 9.78. The van der Waals surface area contributed by atoms with Crippen molar-refractivity contribution in [1.29, 1.82) is 0 Å². The number of aromatic hydroxyl groups is 1. The van der Waals surface area contributed by atoms with Gasteiger partial charge in [-0.2, -0.15) is 18.2 Å². The number of carbonyl (C=O) groups excluding carboxylic acids is 2. The number of anilines is 1. The molecule has 1 amide bonds. The predicted octanol–water partition coefficient (Wildman–Crippen LogP) is 5.09. The topological polar surface area (TPSA) is 103 Å². The largest absolute Gasteiger partial charge is 0.507 e. The molecule has 0 saturated heterocycles. The zero-order valence-corrected chi connectivity index (χ0v) is 22.3. The van der Waals surface area contributed by atoms with Gasteiger partial charge in [0, 0.05) is 22.9 Å². The van der Waals surface area contributed by atoms with Crippen molar-refractivity contribution in [2.75, 3.05) is 5.73 Å². The van der Waals surface area contributed by atoms with Crippen molar-refractivity contribution < 1.29 is 27.9 Å². The number of nitrogens with two attached hydrogens (primary N) is 1. The van der Waals surface area contributed by atoms with Crippen molar-refractivity contribution >= 4 is 17.5 Å². The van der Waals surface area contributed by atoms with Gasteiger partial charge in [-0.3, -0.25) is 14.2 Å². The lowest BCUT2D eigenvalue weighted by Gasteiger charge is -2.28. The molecule has 0 saturated carbocycles. The van der Waals surface area contributed by atoms with E-state index in [1.807, 2.05) is 41.5 Å². The maximum atomic E-state index is 13.5. The fourth-order valence-corrected chi connectivity index (χ4v) is 4.07. The van der Waals surface area contributed by atoms with Gasteiger partial charge in [0.1, 0.15) is 11.6 Å². The first-order valence-electron chi connectivity index (χ1n) is 12.1. The SMILES string of the molecule is CC(C)(C)c1cc(C(=O)Cn2c(N)cn(Cc3ccccc3)c2=NC(=O)C(F)(F)F)cc(C(C)(C)C)c1O. The number of hydrogen-bond acceptors (Lipinski definition) is 4. The summed E-state index contributed by atoms with van der Waals surface area (Å²) in [5, 5.41) is 11.0. The zero-order chi connectivity index (χ0) is 28.6. The molecule has 0 bridgehead atoms. The number of alkyl halides is 3. The number of hydrogen-bond donors (Lipinski definition) is 2. The van der Waals surface area contributed by atoms with Crippen molar-refractivity contribution in [3.05, 3.63) is 76.5 Å². The first kappa shape index (κ1) is 28.7. The van der Waals surface area contributed by atoms with Crippen LogP contribution in [0, 0.1) is 0 Å². The number of amides is 1. The minimum Gasteiger partial charge on any atom is -0.507 e. The van der Waals surface area contributed by atoms with E-state index < -0.39 is 40.9 Å². The van der Waals surface area contributed by atoms with Gasteiger partial charge >= 0.3 is 12.1 Å². The third-order valence-electron chi connectivity index (χ3n) is 6.09. The van der Waals surface area contributed by atoms with E-state index in [1.54, 1.807) is 42.5 Å². The highest BCUT2D eigenvalue weighted by Gasteiger charge is 2.39. The summed E-state index contributed by atoms with van der Waals surface area (Å²) in [5.74, 6) is -2.71. The van der Waals surface area contributed by atoms with E-state index in [9.17, 15) is 27.9 Å². The number of carbonyl (C=O) groups is 2. The number of phenols is 1. The molecule has 3 rings (SSSR count). The van der Waals surface area contributed by atoms with Gasteiger partial charge < -0.3 is 15.4 Å². The highest BCUT2D eigenvalue weighted by molar-refractivity contribution is 5.97. The maximum absolute atomic E-state index is 13.5. The number of nitrogens with zero attached hydrogens (tertiary/aromatic N) is 3. The van der Waals surface area contributed by atoms with Crippen LogP contribution in [0.25, 0.3) is 0 Å². The molecule has 3 N–H and O–H groups in total. The molecule has 7 nitrogen and oxygen atoms in total. The van der Waals surface area contributed by atoms with E-state index in [4.69, 9.17) is 5.73 Å². The van der Waals surface area contributed by atoms with Crippen LogP contribution >= 0.6 is 0 Å². The van der Waals surface area contributed by atoms with Gasteiger partial charge in [0.05, 0.1) is 13.1 Å². The molecule has 0 spiro atoms. The van der Waals surface area contributed by atoms with E-state index in [0.29, 0.717) is 11.1 Å². The lowest BCUT2D eigenvalue weighted by molar-refractivity contribution is -0.169. The monoisotopic (exact) mass is 530 g/mol. The summed E-state index contributed by atoms with van der Waals surface area (Å²) >= 11 is 0. The Balaban J connectivity index is 2.16. The maximum Gasteiger partial charge on any atom is 0.473 e. The first-order valence-corrected chi connectivity index (χ1v) is 12.1. The van der Waals surface area contributed by atoms with Gasteiger partial charge in [-0.1, -0.05) is 71.9 Å². The summed E-state index contributed by atoms with van der Waals surface area (Å²) in [4.78, 5) is 28.7. The van der Waals surface area contributed by atoms with Crippen LogP contribution in [-0.4, -0.2) is 32.1 Å². The highest BCUT2D eigenvalue weighted by Crippen LogP contribution is 2.40. The molecule has 1 aromatic heterocycles. The lowest BCUT2D eigenvalue weighted by Crippen LogP contribution is -2.33. The standard InChI is InChI=1S/C28H33F3N4O3/c1-26(2,3)19-12-18(13-20(23(19)37)27(4,5)6)21(36)15-35-22(32)16-34(14-17-10-8-7-9-11-17)25(35)33-24(38)28(29,30)31/h7-13,16,37H,14-15,32H2,1-6H3.